The molecule has 0 spiro atoms. The molecule has 2 aromatic rings. The van der Waals surface area contributed by atoms with Crippen molar-refractivity contribution >= 4 is 11.4 Å². The van der Waals surface area contributed by atoms with Crippen molar-refractivity contribution in [3.05, 3.63) is 54.1 Å². The molecule has 4 N–H and O–H groups in total. The molecule has 0 saturated carbocycles. The van der Waals surface area contributed by atoms with Crippen LogP contribution in [-0.4, -0.2) is 12.7 Å². The lowest BCUT2D eigenvalue weighted by molar-refractivity contribution is 0.260. The average Bonchev–Trinajstić information content (AvgIpc) is 3.19. The molecule has 0 amide bonds. The van der Waals surface area contributed by atoms with Crippen LogP contribution in [-0.2, 0) is 4.74 Å². The molecule has 1 saturated heterocycles. The van der Waals surface area contributed by atoms with Crippen LogP contribution < -0.4 is 16.2 Å². The van der Waals surface area contributed by atoms with E-state index in [9.17, 15) is 0 Å². The number of nitrogens with two attached hydrogens (primary N) is 2. The summed E-state index contributed by atoms with van der Waals surface area (Å²) in [6.07, 6.45) is 0.232. The van der Waals surface area contributed by atoms with E-state index in [-0.39, 0.29) is 12.2 Å². The van der Waals surface area contributed by atoms with Crippen molar-refractivity contribution in [3.8, 4) is 5.75 Å². The highest BCUT2D eigenvalue weighted by molar-refractivity contribution is 5.42. The zero-order valence-corrected chi connectivity index (χ0v) is 10.5. The second kappa shape index (κ2) is 4.82. The number of ether oxygens (including phenoxy) is 2. The fourth-order valence-corrected chi connectivity index (χ4v) is 1.99. The predicted octanol–water partition coefficient (Wildman–Crippen LogP) is 2.37. The number of hydrogen-bond donors (Lipinski definition) is 2. The van der Waals surface area contributed by atoms with E-state index in [1.165, 1.54) is 0 Å². The molecule has 2 aromatic carbocycles. The molecule has 2 unspecified atom stereocenters. The van der Waals surface area contributed by atoms with Crippen molar-refractivity contribution in [2.45, 2.75) is 12.2 Å². The Kier molecular flexibility index (Phi) is 3.01. The largest absolute Gasteiger partial charge is 0.491 e. The summed E-state index contributed by atoms with van der Waals surface area (Å²) in [5.41, 5.74) is 13.9. The van der Waals surface area contributed by atoms with Crippen molar-refractivity contribution in [3.63, 3.8) is 0 Å². The first-order valence-corrected chi connectivity index (χ1v) is 6.21. The number of anilines is 2. The van der Waals surface area contributed by atoms with Gasteiger partial charge in [0.05, 0.1) is 0 Å². The fourth-order valence-electron chi connectivity index (χ4n) is 1.99. The highest BCUT2D eigenvalue weighted by atomic mass is 16.6. The van der Waals surface area contributed by atoms with E-state index < -0.39 is 0 Å². The smallest absolute Gasteiger partial charge is 0.123 e. The SMILES string of the molecule is Nc1ccc(OCC2OC2c2ccc(N)cc2)cc1. The topological polar surface area (TPSA) is 73.8 Å². The van der Waals surface area contributed by atoms with Crippen LogP contribution in [0.5, 0.6) is 5.75 Å². The van der Waals surface area contributed by atoms with Gasteiger partial charge < -0.3 is 20.9 Å². The number of hydrogen-bond acceptors (Lipinski definition) is 4. The third-order valence-corrected chi connectivity index (χ3v) is 3.14. The van der Waals surface area contributed by atoms with E-state index in [1.54, 1.807) is 0 Å². The normalized spacial score (nSPS) is 21.1. The summed E-state index contributed by atoms with van der Waals surface area (Å²) in [5, 5.41) is 0. The van der Waals surface area contributed by atoms with E-state index in [0.29, 0.717) is 6.61 Å². The molecule has 4 heteroatoms. The molecule has 1 aliphatic heterocycles. The van der Waals surface area contributed by atoms with Gasteiger partial charge in [-0.05, 0) is 42.0 Å². The van der Waals surface area contributed by atoms with Gasteiger partial charge in [0.1, 0.15) is 24.6 Å². The summed E-state index contributed by atoms with van der Waals surface area (Å²) in [4.78, 5) is 0. The second-order valence-corrected chi connectivity index (χ2v) is 4.64. The van der Waals surface area contributed by atoms with Gasteiger partial charge in [-0.2, -0.15) is 0 Å². The van der Waals surface area contributed by atoms with Gasteiger partial charge >= 0.3 is 0 Å². The van der Waals surface area contributed by atoms with Crippen molar-refractivity contribution in [2.24, 2.45) is 0 Å². The lowest BCUT2D eigenvalue weighted by Gasteiger charge is -2.04. The monoisotopic (exact) mass is 256 g/mol. The molecular weight excluding hydrogens is 240 g/mol. The quantitative estimate of drug-likeness (QED) is 0.650. The molecular formula is C15H16N2O2. The van der Waals surface area contributed by atoms with Crippen LogP contribution in [0, 0.1) is 0 Å². The van der Waals surface area contributed by atoms with Gasteiger partial charge in [0.25, 0.3) is 0 Å². The first-order chi connectivity index (χ1) is 9.22. The molecule has 2 atom stereocenters. The van der Waals surface area contributed by atoms with Crippen LogP contribution in [0.2, 0.25) is 0 Å². The van der Waals surface area contributed by atoms with Crippen LogP contribution in [0.3, 0.4) is 0 Å². The Morgan fingerprint density at radius 3 is 2.11 bits per heavy atom. The van der Waals surface area contributed by atoms with Crippen LogP contribution in [0.1, 0.15) is 11.7 Å². The van der Waals surface area contributed by atoms with Gasteiger partial charge in [-0.1, -0.05) is 12.1 Å². The molecule has 1 heterocycles. The van der Waals surface area contributed by atoms with Crippen molar-refractivity contribution in [2.75, 3.05) is 18.1 Å². The summed E-state index contributed by atoms with van der Waals surface area (Å²) < 4.78 is 11.3. The molecule has 0 radical (unpaired) electrons. The number of epoxide rings is 1. The Morgan fingerprint density at radius 2 is 1.47 bits per heavy atom. The van der Waals surface area contributed by atoms with Crippen molar-refractivity contribution < 1.29 is 9.47 Å². The summed E-state index contributed by atoms with van der Waals surface area (Å²) in [7, 11) is 0. The predicted molar refractivity (Wildman–Crippen MR) is 74.8 cm³/mol. The summed E-state index contributed by atoms with van der Waals surface area (Å²) in [6.45, 7) is 0.541. The minimum atomic E-state index is 0.112. The molecule has 0 aliphatic carbocycles. The first kappa shape index (κ1) is 11.9. The summed E-state index contributed by atoms with van der Waals surface area (Å²) in [6, 6.07) is 15.1. The molecule has 0 bridgehead atoms. The van der Waals surface area contributed by atoms with Crippen LogP contribution in [0.15, 0.2) is 48.5 Å². The van der Waals surface area contributed by atoms with Gasteiger partial charge in [0, 0.05) is 11.4 Å². The maximum absolute atomic E-state index is 5.66. The highest BCUT2D eigenvalue weighted by Crippen LogP contribution is 2.39. The third kappa shape index (κ3) is 2.80. The van der Waals surface area contributed by atoms with Crippen molar-refractivity contribution in [1.29, 1.82) is 0 Å². The zero-order valence-electron chi connectivity index (χ0n) is 10.5. The van der Waals surface area contributed by atoms with E-state index in [2.05, 4.69) is 0 Å². The third-order valence-electron chi connectivity index (χ3n) is 3.14. The Bertz CT molecular complexity index is 551. The van der Waals surface area contributed by atoms with Gasteiger partial charge in [0.2, 0.25) is 0 Å². The van der Waals surface area contributed by atoms with Gasteiger partial charge in [-0.25, -0.2) is 0 Å². The lowest BCUT2D eigenvalue weighted by Crippen LogP contribution is -2.05. The van der Waals surface area contributed by atoms with Gasteiger partial charge in [-0.3, -0.25) is 0 Å². The highest BCUT2D eigenvalue weighted by Gasteiger charge is 2.40. The Hall–Kier alpha value is -2.20. The molecule has 3 rings (SSSR count). The van der Waals surface area contributed by atoms with Crippen LogP contribution >= 0.6 is 0 Å². The zero-order chi connectivity index (χ0) is 13.2. The second-order valence-electron chi connectivity index (χ2n) is 4.64. The average molecular weight is 256 g/mol. The Balaban J connectivity index is 1.53. The van der Waals surface area contributed by atoms with E-state index in [4.69, 9.17) is 20.9 Å². The van der Waals surface area contributed by atoms with Gasteiger partial charge in [-0.15, -0.1) is 0 Å². The van der Waals surface area contributed by atoms with E-state index in [1.807, 2.05) is 48.5 Å². The van der Waals surface area contributed by atoms with E-state index >= 15 is 0 Å². The standard InChI is InChI=1S/C15H16N2O2/c16-11-3-1-10(2-4-11)15-14(19-15)9-18-13-7-5-12(17)6-8-13/h1-8,14-15H,9,16-17H2. The first-order valence-electron chi connectivity index (χ1n) is 6.21. The Labute approximate surface area is 111 Å². The van der Waals surface area contributed by atoms with Gasteiger partial charge in [0.15, 0.2) is 0 Å². The number of nitrogen functional groups attached to an aromatic ring is 2. The minimum absolute atomic E-state index is 0.112. The summed E-state index contributed by atoms with van der Waals surface area (Å²) in [5.74, 6) is 0.806. The van der Waals surface area contributed by atoms with E-state index in [0.717, 1.165) is 22.7 Å². The maximum atomic E-state index is 5.66. The minimum Gasteiger partial charge on any atom is -0.491 e. The number of benzene rings is 2. The molecule has 4 nitrogen and oxygen atoms in total. The molecule has 98 valence electrons. The lowest BCUT2D eigenvalue weighted by atomic mass is 10.1. The maximum Gasteiger partial charge on any atom is 0.123 e. The Morgan fingerprint density at radius 1 is 0.895 bits per heavy atom. The molecule has 0 aromatic heterocycles. The number of rotatable bonds is 4. The van der Waals surface area contributed by atoms with Crippen LogP contribution in [0.4, 0.5) is 11.4 Å². The molecule has 1 fully saturated rings. The summed E-state index contributed by atoms with van der Waals surface area (Å²) >= 11 is 0. The van der Waals surface area contributed by atoms with Crippen molar-refractivity contribution in [1.82, 2.24) is 0 Å². The molecule has 19 heavy (non-hydrogen) atoms. The fraction of sp³-hybridized carbons (Fsp3) is 0.200. The van der Waals surface area contributed by atoms with Crippen LogP contribution in [0.25, 0.3) is 0 Å². The molecule has 1 aliphatic rings.